The molecule has 0 saturated heterocycles. The van der Waals surface area contributed by atoms with E-state index in [4.69, 9.17) is 9.47 Å². The van der Waals surface area contributed by atoms with Crippen LogP contribution in [0.25, 0.3) is 5.57 Å². The van der Waals surface area contributed by atoms with Gasteiger partial charge < -0.3 is 9.47 Å². The molecule has 0 aromatic heterocycles. The summed E-state index contributed by atoms with van der Waals surface area (Å²) in [6.45, 7) is 15.7. The number of ether oxygens (including phenoxy) is 2. The maximum absolute atomic E-state index is 12.3. The minimum atomic E-state index is -0.513. The van der Waals surface area contributed by atoms with Crippen LogP contribution >= 0.6 is 0 Å². The summed E-state index contributed by atoms with van der Waals surface area (Å²) in [7, 11) is 0. The maximum atomic E-state index is 12.3. The smallest absolute Gasteiger partial charge is 0.338 e. The Bertz CT molecular complexity index is 675. The lowest BCUT2D eigenvalue weighted by Gasteiger charge is -2.20. The van der Waals surface area contributed by atoms with Crippen LogP contribution in [-0.2, 0) is 14.3 Å². The molecule has 1 aliphatic rings. The van der Waals surface area contributed by atoms with Crippen LogP contribution < -0.4 is 0 Å². The average Bonchev–Trinajstić information content (AvgIpc) is 2.88. The molecular formula is C21H26O3. The topological polar surface area (TPSA) is 35.5 Å². The second kappa shape index (κ2) is 7.08. The third-order valence-corrected chi connectivity index (χ3v) is 3.86. The summed E-state index contributed by atoms with van der Waals surface area (Å²) in [6.07, 6.45) is 0.943. The molecule has 2 rings (SSSR count). The molecule has 3 nitrogen and oxygen atoms in total. The van der Waals surface area contributed by atoms with Crippen molar-refractivity contribution in [1.29, 1.82) is 0 Å². The second-order valence-corrected chi connectivity index (χ2v) is 7.15. The Hall–Kier alpha value is -2.29. The van der Waals surface area contributed by atoms with Gasteiger partial charge in [-0.15, -0.1) is 0 Å². The number of allylic oxidation sites excluding steroid dienone is 2. The first-order valence-electron chi connectivity index (χ1n) is 8.18. The maximum Gasteiger partial charge on any atom is 0.338 e. The van der Waals surface area contributed by atoms with E-state index < -0.39 is 5.60 Å². The summed E-state index contributed by atoms with van der Waals surface area (Å²) < 4.78 is 11.3. The number of rotatable bonds is 5. The van der Waals surface area contributed by atoms with Crippen molar-refractivity contribution in [1.82, 2.24) is 0 Å². The van der Waals surface area contributed by atoms with Gasteiger partial charge in [0.25, 0.3) is 0 Å². The number of esters is 1. The highest BCUT2D eigenvalue weighted by molar-refractivity contribution is 5.90. The van der Waals surface area contributed by atoms with E-state index in [0.29, 0.717) is 24.2 Å². The van der Waals surface area contributed by atoms with Gasteiger partial charge in [-0.1, -0.05) is 43.5 Å². The third-order valence-electron chi connectivity index (χ3n) is 3.86. The van der Waals surface area contributed by atoms with E-state index in [1.54, 1.807) is 6.92 Å². The number of hydrogen-bond acceptors (Lipinski definition) is 3. The van der Waals surface area contributed by atoms with Crippen LogP contribution in [0.2, 0.25) is 0 Å². The first kappa shape index (κ1) is 18.1. The highest BCUT2D eigenvalue weighted by atomic mass is 16.6. The van der Waals surface area contributed by atoms with Gasteiger partial charge >= 0.3 is 5.97 Å². The minimum absolute atomic E-state index is 0.201. The lowest BCUT2D eigenvalue weighted by atomic mass is 9.95. The molecule has 1 unspecified atom stereocenters. The summed E-state index contributed by atoms with van der Waals surface area (Å²) in [5, 5.41) is 0. The Labute approximate surface area is 144 Å². The molecule has 128 valence electrons. The van der Waals surface area contributed by atoms with E-state index in [-0.39, 0.29) is 12.1 Å². The van der Waals surface area contributed by atoms with Gasteiger partial charge in [0.05, 0.1) is 5.57 Å². The number of hydrogen-bond donors (Lipinski definition) is 0. The molecule has 1 aromatic rings. The van der Waals surface area contributed by atoms with Gasteiger partial charge in [0.15, 0.2) is 0 Å². The van der Waals surface area contributed by atoms with E-state index in [2.05, 4.69) is 13.2 Å². The van der Waals surface area contributed by atoms with E-state index in [1.165, 1.54) is 0 Å². The Morgan fingerprint density at radius 2 is 1.88 bits per heavy atom. The van der Waals surface area contributed by atoms with E-state index in [0.717, 1.165) is 16.7 Å². The molecule has 1 aliphatic heterocycles. The fraction of sp³-hybridized carbons (Fsp3) is 0.381. The highest BCUT2D eigenvalue weighted by Gasteiger charge is 2.32. The van der Waals surface area contributed by atoms with Crippen molar-refractivity contribution in [3.05, 3.63) is 66.0 Å². The predicted molar refractivity (Wildman–Crippen MR) is 97.3 cm³/mol. The van der Waals surface area contributed by atoms with Crippen molar-refractivity contribution in [2.75, 3.05) is 0 Å². The molecule has 1 aromatic carbocycles. The SMILES string of the molecule is C=C(CC(=C)C1CC(C(=O)OC(C)(C)C)=C(C)O1)c1ccccc1. The van der Waals surface area contributed by atoms with Crippen LogP contribution in [-0.4, -0.2) is 17.7 Å². The lowest BCUT2D eigenvalue weighted by molar-refractivity contribution is -0.150. The molecule has 24 heavy (non-hydrogen) atoms. The Kier molecular flexibility index (Phi) is 5.33. The van der Waals surface area contributed by atoms with Crippen molar-refractivity contribution < 1.29 is 14.3 Å². The van der Waals surface area contributed by atoms with Gasteiger partial charge in [-0.25, -0.2) is 4.79 Å². The zero-order chi connectivity index (χ0) is 17.9. The van der Waals surface area contributed by atoms with E-state index in [1.807, 2.05) is 51.1 Å². The fourth-order valence-electron chi connectivity index (χ4n) is 2.61. The van der Waals surface area contributed by atoms with E-state index >= 15 is 0 Å². The largest absolute Gasteiger partial charge is 0.490 e. The van der Waals surface area contributed by atoms with Gasteiger partial charge in [-0.3, -0.25) is 0 Å². The summed E-state index contributed by atoms with van der Waals surface area (Å²) >= 11 is 0. The van der Waals surface area contributed by atoms with Crippen molar-refractivity contribution in [2.24, 2.45) is 0 Å². The monoisotopic (exact) mass is 326 g/mol. The second-order valence-electron chi connectivity index (χ2n) is 7.15. The third kappa shape index (κ3) is 4.60. The highest BCUT2D eigenvalue weighted by Crippen LogP contribution is 2.33. The summed E-state index contributed by atoms with van der Waals surface area (Å²) in [6, 6.07) is 10.0. The molecule has 0 N–H and O–H groups in total. The van der Waals surface area contributed by atoms with Gasteiger partial charge in [0, 0.05) is 6.42 Å². The molecule has 0 aliphatic carbocycles. The fourth-order valence-corrected chi connectivity index (χ4v) is 2.61. The molecule has 0 radical (unpaired) electrons. The van der Waals surface area contributed by atoms with Gasteiger partial charge in [-0.2, -0.15) is 0 Å². The molecule has 0 fully saturated rings. The van der Waals surface area contributed by atoms with Gasteiger partial charge in [-0.05, 0) is 50.8 Å². The van der Waals surface area contributed by atoms with Gasteiger partial charge in [0.2, 0.25) is 0 Å². The molecule has 3 heteroatoms. The van der Waals surface area contributed by atoms with Crippen LogP contribution in [0.4, 0.5) is 0 Å². The van der Waals surface area contributed by atoms with Crippen molar-refractivity contribution in [3.63, 3.8) is 0 Å². The molecule has 0 spiro atoms. The molecule has 1 atom stereocenters. The molecule has 0 amide bonds. The minimum Gasteiger partial charge on any atom is -0.490 e. The normalized spacial score (nSPS) is 17.4. The van der Waals surface area contributed by atoms with Gasteiger partial charge in [0.1, 0.15) is 17.5 Å². The summed E-state index contributed by atoms with van der Waals surface area (Å²) in [4.78, 5) is 12.3. The van der Waals surface area contributed by atoms with Crippen LogP contribution in [0, 0.1) is 0 Å². The quantitative estimate of drug-likeness (QED) is 0.561. The zero-order valence-electron chi connectivity index (χ0n) is 15.0. The molecular weight excluding hydrogens is 300 g/mol. The van der Waals surface area contributed by atoms with Crippen molar-refractivity contribution in [3.8, 4) is 0 Å². The average molecular weight is 326 g/mol. The van der Waals surface area contributed by atoms with Crippen LogP contribution in [0.5, 0.6) is 0 Å². The van der Waals surface area contributed by atoms with E-state index in [9.17, 15) is 4.79 Å². The Balaban J connectivity index is 1.97. The molecule has 0 bridgehead atoms. The number of carbonyl (C=O) groups excluding carboxylic acids is 1. The Morgan fingerprint density at radius 1 is 1.25 bits per heavy atom. The van der Waals surface area contributed by atoms with Crippen molar-refractivity contribution >= 4 is 11.5 Å². The number of benzene rings is 1. The van der Waals surface area contributed by atoms with Crippen LogP contribution in [0.3, 0.4) is 0 Å². The molecule has 1 heterocycles. The first-order valence-corrected chi connectivity index (χ1v) is 8.18. The number of carbonyl (C=O) groups is 1. The van der Waals surface area contributed by atoms with Crippen molar-refractivity contribution in [2.45, 2.75) is 52.2 Å². The standard InChI is InChI=1S/C21H26O3/c1-14(17-10-8-7-9-11-17)12-15(2)19-13-18(16(3)23-19)20(22)24-21(4,5)6/h7-11,19H,1-2,12-13H2,3-6H3. The van der Waals surface area contributed by atoms with Crippen LogP contribution in [0.1, 0.15) is 46.1 Å². The van der Waals surface area contributed by atoms with Crippen LogP contribution in [0.15, 0.2) is 60.4 Å². The molecule has 0 saturated carbocycles. The Morgan fingerprint density at radius 3 is 2.46 bits per heavy atom. The summed E-state index contributed by atoms with van der Waals surface area (Å²) in [5.74, 6) is 0.318. The lowest BCUT2D eigenvalue weighted by Crippen LogP contribution is -2.25. The summed E-state index contributed by atoms with van der Waals surface area (Å²) in [5.41, 5.74) is 3.09. The first-order chi connectivity index (χ1) is 11.2. The zero-order valence-corrected chi connectivity index (χ0v) is 15.0. The predicted octanol–water partition coefficient (Wildman–Crippen LogP) is 5.05.